The maximum absolute atomic E-state index is 12.8. The van der Waals surface area contributed by atoms with Crippen LogP contribution >= 0.6 is 11.8 Å². The van der Waals surface area contributed by atoms with E-state index in [-0.39, 0.29) is 24.5 Å². The highest BCUT2D eigenvalue weighted by atomic mass is 32.2. The summed E-state index contributed by atoms with van der Waals surface area (Å²) in [6.45, 7) is 5.61. The Labute approximate surface area is 206 Å². The number of thioether (sulfide) groups is 1. The minimum Gasteiger partial charge on any atom is -0.460 e. The van der Waals surface area contributed by atoms with Gasteiger partial charge in [0.2, 0.25) is 0 Å². The zero-order valence-electron chi connectivity index (χ0n) is 20.2. The third-order valence-electron chi connectivity index (χ3n) is 5.64. The van der Waals surface area contributed by atoms with Gasteiger partial charge in [-0.15, -0.1) is 0 Å². The van der Waals surface area contributed by atoms with Crippen LogP contribution in [0.15, 0.2) is 54.6 Å². The highest BCUT2D eigenvalue weighted by Crippen LogP contribution is 2.30. The van der Waals surface area contributed by atoms with E-state index in [4.69, 9.17) is 14.6 Å². The van der Waals surface area contributed by atoms with Crippen LogP contribution < -0.4 is 5.32 Å². The van der Waals surface area contributed by atoms with E-state index < -0.39 is 17.8 Å². The second-order valence-corrected chi connectivity index (χ2v) is 10.7. The molecular formula is C27H35NO5S. The minimum atomic E-state index is -0.617. The second-order valence-electron chi connectivity index (χ2n) is 9.60. The lowest BCUT2D eigenvalue weighted by molar-refractivity contribution is -0.145. The Hall–Kier alpha value is -2.51. The van der Waals surface area contributed by atoms with Gasteiger partial charge in [-0.25, -0.2) is 4.79 Å². The maximum atomic E-state index is 12.8. The highest BCUT2D eigenvalue weighted by molar-refractivity contribution is 7.98. The number of esters is 1. The lowest BCUT2D eigenvalue weighted by atomic mass is 9.90. The van der Waals surface area contributed by atoms with Crippen LogP contribution in [0, 0.1) is 5.92 Å². The summed E-state index contributed by atoms with van der Waals surface area (Å²) < 4.78 is 11.3. The SMILES string of the molecule is CC(C)(C)OC(=O)N[C@@H](Cc1ccccc1)[C@@H]1C[C@@H](Cc2ccccc2CSCCO)C(=O)O1. The fraction of sp³-hybridized carbons (Fsp3) is 0.481. The molecule has 0 radical (unpaired) electrons. The Bertz CT molecular complexity index is 944. The molecule has 34 heavy (non-hydrogen) atoms. The van der Waals surface area contributed by atoms with Crippen LogP contribution in [0.1, 0.15) is 43.9 Å². The molecule has 1 amide bonds. The van der Waals surface area contributed by atoms with E-state index in [0.717, 1.165) is 16.9 Å². The molecule has 1 heterocycles. The molecule has 2 aromatic rings. The summed E-state index contributed by atoms with van der Waals surface area (Å²) in [6, 6.07) is 17.6. The standard InChI is InChI=1S/C27H35NO5S/c1-27(2,3)33-26(31)28-23(15-19-9-5-4-6-10-19)24-17-22(25(30)32-24)16-20-11-7-8-12-21(20)18-34-14-13-29/h4-12,22-24,29H,13-18H2,1-3H3,(H,28,31)/t22-,23+,24+/m1/s1. The van der Waals surface area contributed by atoms with Crippen molar-refractivity contribution in [2.45, 2.75) is 63.5 Å². The van der Waals surface area contributed by atoms with Crippen molar-refractivity contribution in [2.24, 2.45) is 5.92 Å². The van der Waals surface area contributed by atoms with Crippen molar-refractivity contribution >= 4 is 23.8 Å². The number of benzene rings is 2. The van der Waals surface area contributed by atoms with E-state index in [0.29, 0.717) is 25.0 Å². The van der Waals surface area contributed by atoms with Gasteiger partial charge in [0.05, 0.1) is 18.6 Å². The van der Waals surface area contributed by atoms with Gasteiger partial charge in [-0.3, -0.25) is 4.79 Å². The van der Waals surface area contributed by atoms with E-state index in [1.54, 1.807) is 11.8 Å². The molecule has 1 saturated heterocycles. The Morgan fingerprint density at radius 2 is 1.82 bits per heavy atom. The fourth-order valence-electron chi connectivity index (χ4n) is 4.10. The van der Waals surface area contributed by atoms with Gasteiger partial charge in [0.25, 0.3) is 0 Å². The second kappa shape index (κ2) is 12.3. The first-order valence-corrected chi connectivity index (χ1v) is 12.9. The zero-order valence-corrected chi connectivity index (χ0v) is 21.0. The number of aliphatic hydroxyl groups excluding tert-OH is 1. The van der Waals surface area contributed by atoms with E-state index in [1.165, 1.54) is 5.56 Å². The summed E-state index contributed by atoms with van der Waals surface area (Å²) in [6.07, 6.45) is 0.722. The predicted octanol–water partition coefficient (Wildman–Crippen LogP) is 4.52. The Morgan fingerprint density at radius 1 is 1.15 bits per heavy atom. The van der Waals surface area contributed by atoms with Crippen molar-refractivity contribution in [3.63, 3.8) is 0 Å². The minimum absolute atomic E-state index is 0.150. The fourth-order valence-corrected chi connectivity index (χ4v) is 4.87. The van der Waals surface area contributed by atoms with Gasteiger partial charge in [-0.1, -0.05) is 54.6 Å². The highest BCUT2D eigenvalue weighted by Gasteiger charge is 2.40. The molecule has 7 heteroatoms. The molecular weight excluding hydrogens is 450 g/mol. The molecule has 1 aliphatic heterocycles. The maximum Gasteiger partial charge on any atom is 0.408 e. The summed E-state index contributed by atoms with van der Waals surface area (Å²) in [4.78, 5) is 25.4. The monoisotopic (exact) mass is 485 g/mol. The van der Waals surface area contributed by atoms with Crippen LogP contribution in [0.4, 0.5) is 4.79 Å². The smallest absolute Gasteiger partial charge is 0.408 e. The van der Waals surface area contributed by atoms with Crippen molar-refractivity contribution < 1.29 is 24.2 Å². The summed E-state index contributed by atoms with van der Waals surface area (Å²) >= 11 is 1.67. The number of carbonyl (C=O) groups excluding carboxylic acids is 2. The number of alkyl carbamates (subject to hydrolysis) is 1. The van der Waals surface area contributed by atoms with Gasteiger partial charge in [-0.2, -0.15) is 11.8 Å². The van der Waals surface area contributed by atoms with Crippen LogP contribution in [0.5, 0.6) is 0 Å². The summed E-state index contributed by atoms with van der Waals surface area (Å²) in [5.41, 5.74) is 2.73. The number of rotatable bonds is 10. The molecule has 6 nitrogen and oxygen atoms in total. The molecule has 0 spiro atoms. The molecule has 2 aromatic carbocycles. The molecule has 0 unspecified atom stereocenters. The Morgan fingerprint density at radius 3 is 2.50 bits per heavy atom. The molecule has 0 bridgehead atoms. The number of carbonyl (C=O) groups is 2. The number of ether oxygens (including phenoxy) is 2. The quantitative estimate of drug-likeness (QED) is 0.380. The van der Waals surface area contributed by atoms with E-state index in [1.807, 2.05) is 63.2 Å². The third-order valence-corrected chi connectivity index (χ3v) is 6.63. The Balaban J connectivity index is 1.71. The molecule has 3 rings (SSSR count). The van der Waals surface area contributed by atoms with Gasteiger partial charge in [-0.05, 0) is 50.3 Å². The lowest BCUT2D eigenvalue weighted by Crippen LogP contribution is -2.46. The van der Waals surface area contributed by atoms with Gasteiger partial charge in [0.15, 0.2) is 0 Å². The van der Waals surface area contributed by atoms with Crippen LogP contribution in [0.25, 0.3) is 0 Å². The summed E-state index contributed by atoms with van der Waals surface area (Å²) in [5.74, 6) is 0.970. The Kier molecular flexibility index (Phi) is 9.42. The normalized spacial score (nSPS) is 18.9. The van der Waals surface area contributed by atoms with Crippen molar-refractivity contribution in [1.29, 1.82) is 0 Å². The van der Waals surface area contributed by atoms with Crippen molar-refractivity contribution in [2.75, 3.05) is 12.4 Å². The molecule has 0 saturated carbocycles. The molecule has 3 atom stereocenters. The van der Waals surface area contributed by atoms with Crippen LogP contribution in [-0.2, 0) is 32.9 Å². The van der Waals surface area contributed by atoms with Crippen LogP contribution in [0.2, 0.25) is 0 Å². The molecule has 1 aliphatic rings. The largest absolute Gasteiger partial charge is 0.460 e. The molecule has 1 fully saturated rings. The number of nitrogens with one attached hydrogen (secondary N) is 1. The van der Waals surface area contributed by atoms with Gasteiger partial charge >= 0.3 is 12.1 Å². The van der Waals surface area contributed by atoms with Crippen molar-refractivity contribution in [1.82, 2.24) is 5.32 Å². The van der Waals surface area contributed by atoms with Crippen LogP contribution in [0.3, 0.4) is 0 Å². The van der Waals surface area contributed by atoms with E-state index >= 15 is 0 Å². The average molecular weight is 486 g/mol. The number of aliphatic hydroxyl groups is 1. The molecule has 0 aliphatic carbocycles. The first-order chi connectivity index (χ1) is 16.2. The van der Waals surface area contributed by atoms with Crippen molar-refractivity contribution in [3.05, 3.63) is 71.3 Å². The molecule has 2 N–H and O–H groups in total. The average Bonchev–Trinajstić information content (AvgIpc) is 3.14. The first-order valence-electron chi connectivity index (χ1n) is 11.7. The molecule has 0 aromatic heterocycles. The third kappa shape index (κ3) is 8.06. The van der Waals surface area contributed by atoms with E-state index in [9.17, 15) is 9.59 Å². The number of amides is 1. The number of cyclic esters (lactones) is 1. The number of hydrogen-bond acceptors (Lipinski definition) is 6. The topological polar surface area (TPSA) is 84.9 Å². The lowest BCUT2D eigenvalue weighted by Gasteiger charge is -2.26. The number of hydrogen-bond donors (Lipinski definition) is 2. The predicted molar refractivity (Wildman–Crippen MR) is 135 cm³/mol. The van der Waals surface area contributed by atoms with Crippen LogP contribution in [-0.4, -0.2) is 47.3 Å². The zero-order chi connectivity index (χ0) is 24.6. The van der Waals surface area contributed by atoms with Gasteiger partial charge in [0, 0.05) is 17.9 Å². The molecule has 184 valence electrons. The first kappa shape index (κ1) is 26.1. The van der Waals surface area contributed by atoms with Gasteiger partial charge in [0.1, 0.15) is 11.7 Å². The summed E-state index contributed by atoms with van der Waals surface area (Å²) in [7, 11) is 0. The van der Waals surface area contributed by atoms with Gasteiger partial charge < -0.3 is 19.9 Å². The van der Waals surface area contributed by atoms with E-state index in [2.05, 4.69) is 17.4 Å². The van der Waals surface area contributed by atoms with Crippen molar-refractivity contribution in [3.8, 4) is 0 Å². The summed E-state index contributed by atoms with van der Waals surface area (Å²) in [5, 5.41) is 12.0.